The third kappa shape index (κ3) is 6.44. The van der Waals surface area contributed by atoms with Crippen molar-refractivity contribution < 1.29 is 0 Å². The van der Waals surface area contributed by atoms with E-state index in [1.807, 2.05) is 4.68 Å². The molecule has 3 nitrogen and oxygen atoms in total. The lowest BCUT2D eigenvalue weighted by Gasteiger charge is -1.98. The van der Waals surface area contributed by atoms with Crippen molar-refractivity contribution in [1.82, 2.24) is 15.0 Å². The van der Waals surface area contributed by atoms with E-state index >= 15 is 0 Å². The van der Waals surface area contributed by atoms with Crippen LogP contribution in [0, 0.1) is 0 Å². The Labute approximate surface area is 106 Å². The molecule has 0 unspecified atom stereocenters. The van der Waals surface area contributed by atoms with Crippen LogP contribution in [0.1, 0.15) is 70.9 Å². The van der Waals surface area contributed by atoms with E-state index in [-0.39, 0.29) is 0 Å². The molecule has 3 heteroatoms. The van der Waals surface area contributed by atoms with E-state index in [1.165, 1.54) is 51.4 Å². The standard InChI is InChI=1S/C14H27N3/c1-3-5-7-8-9-11-14-13-17(16-15-14)12-10-6-4-2/h13H,3-12H2,1-2H3. The molecular formula is C14H27N3. The van der Waals surface area contributed by atoms with E-state index in [2.05, 4.69) is 30.4 Å². The van der Waals surface area contributed by atoms with Crippen molar-refractivity contribution in [2.45, 2.75) is 78.2 Å². The Morgan fingerprint density at radius 3 is 2.41 bits per heavy atom. The van der Waals surface area contributed by atoms with E-state index in [9.17, 15) is 0 Å². The molecule has 17 heavy (non-hydrogen) atoms. The summed E-state index contributed by atoms with van der Waals surface area (Å²) < 4.78 is 2.00. The lowest BCUT2D eigenvalue weighted by Crippen LogP contribution is -1.98. The van der Waals surface area contributed by atoms with Gasteiger partial charge in [-0.05, 0) is 19.3 Å². The number of aromatic nitrogens is 3. The first-order chi connectivity index (χ1) is 8.36. The quantitative estimate of drug-likeness (QED) is 0.576. The maximum absolute atomic E-state index is 4.23. The van der Waals surface area contributed by atoms with Crippen molar-refractivity contribution in [3.8, 4) is 0 Å². The Bertz CT molecular complexity index is 281. The molecule has 1 heterocycles. The predicted molar refractivity (Wildman–Crippen MR) is 72.0 cm³/mol. The molecule has 0 aliphatic carbocycles. The highest BCUT2D eigenvalue weighted by atomic mass is 15.4. The Morgan fingerprint density at radius 1 is 0.941 bits per heavy atom. The van der Waals surface area contributed by atoms with Crippen LogP contribution in [0.15, 0.2) is 6.20 Å². The molecule has 0 saturated carbocycles. The first kappa shape index (κ1) is 14.2. The van der Waals surface area contributed by atoms with E-state index in [0.717, 1.165) is 18.7 Å². The van der Waals surface area contributed by atoms with Gasteiger partial charge in [0.2, 0.25) is 0 Å². The molecule has 0 fully saturated rings. The van der Waals surface area contributed by atoms with Crippen molar-refractivity contribution in [1.29, 1.82) is 0 Å². The van der Waals surface area contributed by atoms with Crippen LogP contribution in [0.2, 0.25) is 0 Å². The smallest absolute Gasteiger partial charge is 0.0827 e. The first-order valence-corrected chi connectivity index (χ1v) is 7.25. The molecule has 0 aliphatic rings. The number of nitrogens with zero attached hydrogens (tertiary/aromatic N) is 3. The molecule has 1 aromatic rings. The highest BCUT2D eigenvalue weighted by Crippen LogP contribution is 2.07. The minimum Gasteiger partial charge on any atom is -0.252 e. The molecule has 0 aliphatic heterocycles. The number of hydrogen-bond acceptors (Lipinski definition) is 2. The van der Waals surface area contributed by atoms with Gasteiger partial charge >= 0.3 is 0 Å². The fourth-order valence-electron chi connectivity index (χ4n) is 2.00. The molecule has 98 valence electrons. The van der Waals surface area contributed by atoms with Gasteiger partial charge in [0, 0.05) is 12.7 Å². The summed E-state index contributed by atoms with van der Waals surface area (Å²) >= 11 is 0. The number of unbranched alkanes of at least 4 members (excludes halogenated alkanes) is 6. The zero-order valence-corrected chi connectivity index (χ0v) is 11.5. The van der Waals surface area contributed by atoms with E-state index < -0.39 is 0 Å². The fourth-order valence-corrected chi connectivity index (χ4v) is 2.00. The predicted octanol–water partition coefficient (Wildman–Crippen LogP) is 3.98. The van der Waals surface area contributed by atoms with Crippen molar-refractivity contribution in [3.63, 3.8) is 0 Å². The third-order valence-corrected chi connectivity index (χ3v) is 3.11. The molecule has 0 atom stereocenters. The van der Waals surface area contributed by atoms with Crippen LogP contribution in [0.5, 0.6) is 0 Å². The number of rotatable bonds is 10. The van der Waals surface area contributed by atoms with E-state index in [1.54, 1.807) is 0 Å². The number of aryl methyl sites for hydroxylation is 2. The van der Waals surface area contributed by atoms with E-state index in [0.29, 0.717) is 0 Å². The molecule has 0 saturated heterocycles. The Morgan fingerprint density at radius 2 is 1.65 bits per heavy atom. The SMILES string of the molecule is CCCCCCCc1cn(CCCCC)nn1. The first-order valence-electron chi connectivity index (χ1n) is 7.25. The van der Waals surface area contributed by atoms with Gasteiger partial charge in [-0.15, -0.1) is 5.10 Å². The van der Waals surface area contributed by atoms with Crippen LogP contribution in [0.3, 0.4) is 0 Å². The molecular weight excluding hydrogens is 210 g/mol. The Hall–Kier alpha value is -0.860. The summed E-state index contributed by atoms with van der Waals surface area (Å²) in [5.41, 5.74) is 1.16. The molecule has 1 aromatic heterocycles. The van der Waals surface area contributed by atoms with E-state index in [4.69, 9.17) is 0 Å². The zero-order chi connectivity index (χ0) is 12.3. The van der Waals surface area contributed by atoms with Crippen LogP contribution in [0.25, 0.3) is 0 Å². The maximum atomic E-state index is 4.23. The second-order valence-corrected chi connectivity index (χ2v) is 4.84. The minimum atomic E-state index is 1.02. The lowest BCUT2D eigenvalue weighted by atomic mass is 10.1. The van der Waals surface area contributed by atoms with Crippen LogP contribution in [0.4, 0.5) is 0 Å². The third-order valence-electron chi connectivity index (χ3n) is 3.11. The average molecular weight is 237 g/mol. The van der Waals surface area contributed by atoms with Gasteiger partial charge in [-0.25, -0.2) is 0 Å². The second-order valence-electron chi connectivity index (χ2n) is 4.84. The van der Waals surface area contributed by atoms with Crippen LogP contribution in [-0.2, 0) is 13.0 Å². The molecule has 0 bridgehead atoms. The van der Waals surface area contributed by atoms with Crippen molar-refractivity contribution in [2.75, 3.05) is 0 Å². The van der Waals surface area contributed by atoms with Gasteiger partial charge in [0.15, 0.2) is 0 Å². The summed E-state index contributed by atoms with van der Waals surface area (Å²) in [5, 5.41) is 8.40. The van der Waals surface area contributed by atoms with Gasteiger partial charge in [0.25, 0.3) is 0 Å². The van der Waals surface area contributed by atoms with Crippen molar-refractivity contribution >= 4 is 0 Å². The summed E-state index contributed by atoms with van der Waals surface area (Å²) in [5.74, 6) is 0. The topological polar surface area (TPSA) is 30.7 Å². The average Bonchev–Trinajstić information content (AvgIpc) is 2.77. The molecule has 0 radical (unpaired) electrons. The molecule has 1 rings (SSSR count). The number of hydrogen-bond donors (Lipinski definition) is 0. The van der Waals surface area contributed by atoms with Gasteiger partial charge < -0.3 is 0 Å². The fraction of sp³-hybridized carbons (Fsp3) is 0.857. The zero-order valence-electron chi connectivity index (χ0n) is 11.5. The summed E-state index contributed by atoms with van der Waals surface area (Å²) in [6.45, 7) is 5.50. The van der Waals surface area contributed by atoms with Crippen LogP contribution in [-0.4, -0.2) is 15.0 Å². The van der Waals surface area contributed by atoms with Gasteiger partial charge in [0.1, 0.15) is 0 Å². The normalized spacial score (nSPS) is 10.9. The van der Waals surface area contributed by atoms with Gasteiger partial charge in [-0.1, -0.05) is 57.6 Å². The highest BCUT2D eigenvalue weighted by Gasteiger charge is 2.00. The van der Waals surface area contributed by atoms with Crippen LogP contribution >= 0.6 is 0 Å². The van der Waals surface area contributed by atoms with Crippen molar-refractivity contribution in [3.05, 3.63) is 11.9 Å². The molecule has 0 N–H and O–H groups in total. The maximum Gasteiger partial charge on any atom is 0.0827 e. The Kier molecular flexibility index (Phi) is 7.69. The van der Waals surface area contributed by atoms with Gasteiger partial charge in [-0.2, -0.15) is 0 Å². The largest absolute Gasteiger partial charge is 0.252 e. The Balaban J connectivity index is 2.12. The highest BCUT2D eigenvalue weighted by molar-refractivity contribution is 4.92. The van der Waals surface area contributed by atoms with Crippen molar-refractivity contribution in [2.24, 2.45) is 0 Å². The molecule has 0 spiro atoms. The summed E-state index contributed by atoms with van der Waals surface area (Å²) in [7, 11) is 0. The summed E-state index contributed by atoms with van der Waals surface area (Å²) in [6, 6.07) is 0. The second kappa shape index (κ2) is 9.20. The van der Waals surface area contributed by atoms with Gasteiger partial charge in [0.05, 0.1) is 5.69 Å². The monoisotopic (exact) mass is 237 g/mol. The molecule has 0 aromatic carbocycles. The molecule has 0 amide bonds. The minimum absolute atomic E-state index is 1.02. The van der Waals surface area contributed by atoms with Gasteiger partial charge in [-0.3, -0.25) is 4.68 Å². The summed E-state index contributed by atoms with van der Waals surface area (Å²) in [4.78, 5) is 0. The van der Waals surface area contributed by atoms with Crippen LogP contribution < -0.4 is 0 Å². The summed E-state index contributed by atoms with van der Waals surface area (Å²) in [6.07, 6.45) is 13.6. The lowest BCUT2D eigenvalue weighted by molar-refractivity contribution is 0.537.